The molecule has 0 saturated heterocycles. The Balaban J connectivity index is 1.84. The fourth-order valence-electron chi connectivity index (χ4n) is 1.92. The van der Waals surface area contributed by atoms with E-state index in [1.807, 2.05) is 60.7 Å². The molecule has 0 saturated carbocycles. The second kappa shape index (κ2) is 9.03. The third-order valence-electron chi connectivity index (χ3n) is 2.98. The van der Waals surface area contributed by atoms with E-state index in [0.29, 0.717) is 6.42 Å². The Morgan fingerprint density at radius 3 is 2.18 bits per heavy atom. The lowest BCUT2D eigenvalue weighted by molar-refractivity contribution is 0.110. The van der Waals surface area contributed by atoms with Crippen molar-refractivity contribution in [1.82, 2.24) is 5.32 Å². The molecule has 0 aromatic heterocycles. The van der Waals surface area contributed by atoms with Gasteiger partial charge in [0.15, 0.2) is 8.69 Å². The van der Waals surface area contributed by atoms with Crippen LogP contribution in [0.1, 0.15) is 11.1 Å². The lowest BCUT2D eigenvalue weighted by Gasteiger charge is -2.16. The molecule has 1 amide bonds. The molecule has 6 heteroatoms. The molecule has 2 aromatic carbocycles. The van der Waals surface area contributed by atoms with Gasteiger partial charge in [0.1, 0.15) is 12.8 Å². The first-order valence-electron chi connectivity index (χ1n) is 6.88. The van der Waals surface area contributed by atoms with E-state index in [9.17, 15) is 9.36 Å². The zero-order valence-electron chi connectivity index (χ0n) is 12.0. The van der Waals surface area contributed by atoms with Gasteiger partial charge in [-0.1, -0.05) is 60.7 Å². The van der Waals surface area contributed by atoms with Crippen LogP contribution in [0.3, 0.4) is 0 Å². The number of alkyl carbamates (subject to hydrolysis) is 1. The molecule has 0 radical (unpaired) electrons. The smallest absolute Gasteiger partial charge is 0.409 e. The van der Waals surface area contributed by atoms with Gasteiger partial charge in [-0.3, -0.25) is 9.88 Å². The van der Waals surface area contributed by atoms with Gasteiger partial charge in [0.05, 0.1) is 0 Å². The Kier molecular flexibility index (Phi) is 6.68. The van der Waals surface area contributed by atoms with Gasteiger partial charge in [-0.2, -0.15) is 0 Å². The SMILES string of the molecule is O=[PH2]OC(Cc1ccccc1)NC(=O)OCc1ccccc1. The van der Waals surface area contributed by atoms with Crippen molar-refractivity contribution in [1.29, 1.82) is 0 Å². The number of carbonyl (C=O) groups excluding carboxylic acids is 1. The zero-order valence-corrected chi connectivity index (χ0v) is 13.1. The van der Waals surface area contributed by atoms with E-state index >= 15 is 0 Å². The summed E-state index contributed by atoms with van der Waals surface area (Å²) in [5, 5.41) is 2.57. The van der Waals surface area contributed by atoms with Crippen LogP contribution in [0.15, 0.2) is 60.7 Å². The number of benzene rings is 2. The molecule has 22 heavy (non-hydrogen) atoms. The number of hydrogen-bond acceptors (Lipinski definition) is 4. The van der Waals surface area contributed by atoms with Gasteiger partial charge in [0, 0.05) is 6.42 Å². The Bertz CT molecular complexity index is 592. The van der Waals surface area contributed by atoms with Crippen LogP contribution in [0, 0.1) is 0 Å². The lowest BCUT2D eigenvalue weighted by atomic mass is 10.1. The molecule has 0 aliphatic rings. The number of hydrogen-bond donors (Lipinski definition) is 1. The summed E-state index contributed by atoms with van der Waals surface area (Å²) >= 11 is 0. The largest absolute Gasteiger partial charge is 0.445 e. The molecule has 1 N–H and O–H groups in total. The first-order valence-corrected chi connectivity index (χ1v) is 7.82. The minimum Gasteiger partial charge on any atom is -0.445 e. The number of amides is 1. The van der Waals surface area contributed by atoms with Gasteiger partial charge >= 0.3 is 6.09 Å². The Labute approximate surface area is 130 Å². The topological polar surface area (TPSA) is 64.6 Å². The standard InChI is InChI=1S/C16H18NO4P/c18-16(20-12-14-9-5-2-6-10-14)17-15(21-22-19)11-13-7-3-1-4-8-13/h1-10,15H,11-12,22H2,(H,17,18). The average molecular weight is 319 g/mol. The molecule has 0 heterocycles. The summed E-state index contributed by atoms with van der Waals surface area (Å²) in [7, 11) is -1.42. The summed E-state index contributed by atoms with van der Waals surface area (Å²) in [5.41, 5.74) is 1.87. The van der Waals surface area contributed by atoms with E-state index in [1.54, 1.807) is 0 Å². The quantitative estimate of drug-likeness (QED) is 0.629. The molecule has 2 unspecified atom stereocenters. The monoisotopic (exact) mass is 319 g/mol. The van der Waals surface area contributed by atoms with E-state index in [-0.39, 0.29) is 6.61 Å². The number of ether oxygens (including phenoxy) is 1. The molecule has 116 valence electrons. The third-order valence-corrected chi connectivity index (χ3v) is 3.41. The van der Waals surface area contributed by atoms with E-state index < -0.39 is 21.0 Å². The average Bonchev–Trinajstić information content (AvgIpc) is 2.55. The van der Waals surface area contributed by atoms with Crippen LogP contribution < -0.4 is 5.32 Å². The van der Waals surface area contributed by atoms with Crippen LogP contribution >= 0.6 is 8.69 Å². The Hall–Kier alpha value is -2.10. The van der Waals surface area contributed by atoms with Crippen LogP contribution in [0.2, 0.25) is 0 Å². The van der Waals surface area contributed by atoms with E-state index in [0.717, 1.165) is 11.1 Å². The molecule has 5 nitrogen and oxygen atoms in total. The summed E-state index contributed by atoms with van der Waals surface area (Å²) in [6, 6.07) is 18.9. The summed E-state index contributed by atoms with van der Waals surface area (Å²) in [6.45, 7) is 0.176. The molecule has 2 aromatic rings. The summed E-state index contributed by atoms with van der Waals surface area (Å²) in [5.74, 6) is 0. The van der Waals surface area contributed by atoms with Gasteiger partial charge in [-0.05, 0) is 11.1 Å². The van der Waals surface area contributed by atoms with Crippen LogP contribution in [0.4, 0.5) is 4.79 Å². The maximum absolute atomic E-state index is 11.8. The molecule has 0 fully saturated rings. The van der Waals surface area contributed by atoms with Crippen molar-refractivity contribution >= 4 is 14.8 Å². The van der Waals surface area contributed by atoms with Gasteiger partial charge in [-0.25, -0.2) is 4.79 Å². The molecule has 0 bridgehead atoms. The van der Waals surface area contributed by atoms with Crippen molar-refractivity contribution in [3.63, 3.8) is 0 Å². The maximum atomic E-state index is 11.8. The van der Waals surface area contributed by atoms with Gasteiger partial charge < -0.3 is 9.26 Å². The fourth-order valence-corrected chi connectivity index (χ4v) is 2.22. The van der Waals surface area contributed by atoms with Gasteiger partial charge in [-0.15, -0.1) is 0 Å². The number of rotatable bonds is 7. The highest BCUT2D eigenvalue weighted by molar-refractivity contribution is 7.17. The minimum atomic E-state index is -1.42. The molecule has 0 spiro atoms. The summed E-state index contributed by atoms with van der Waals surface area (Å²) < 4.78 is 21.0. The lowest BCUT2D eigenvalue weighted by Crippen LogP contribution is -2.37. The highest BCUT2D eigenvalue weighted by Gasteiger charge is 2.14. The van der Waals surface area contributed by atoms with Crippen molar-refractivity contribution in [3.8, 4) is 0 Å². The van der Waals surface area contributed by atoms with Crippen molar-refractivity contribution < 1.29 is 18.6 Å². The Morgan fingerprint density at radius 1 is 1.00 bits per heavy atom. The molecule has 2 rings (SSSR count). The zero-order chi connectivity index (χ0) is 15.6. The van der Waals surface area contributed by atoms with E-state index in [1.165, 1.54) is 0 Å². The predicted molar refractivity (Wildman–Crippen MR) is 85.2 cm³/mol. The number of carbonyl (C=O) groups is 1. The van der Waals surface area contributed by atoms with Crippen molar-refractivity contribution in [3.05, 3.63) is 71.8 Å². The first-order chi connectivity index (χ1) is 10.8. The predicted octanol–water partition coefficient (Wildman–Crippen LogP) is 3.17. The fraction of sp³-hybridized carbons (Fsp3) is 0.188. The van der Waals surface area contributed by atoms with Crippen LogP contribution in [-0.2, 0) is 26.9 Å². The minimum absolute atomic E-state index is 0.176. The van der Waals surface area contributed by atoms with E-state index in [4.69, 9.17) is 9.26 Å². The molecular formula is C16H18NO4P. The third kappa shape index (κ3) is 5.72. The van der Waals surface area contributed by atoms with Gasteiger partial charge in [0.25, 0.3) is 0 Å². The summed E-state index contributed by atoms with van der Waals surface area (Å²) in [6.07, 6.45) is -0.841. The summed E-state index contributed by atoms with van der Waals surface area (Å²) in [4.78, 5) is 11.8. The Morgan fingerprint density at radius 2 is 1.59 bits per heavy atom. The molecule has 0 aliphatic carbocycles. The van der Waals surface area contributed by atoms with Crippen molar-refractivity contribution in [2.45, 2.75) is 19.3 Å². The van der Waals surface area contributed by atoms with Gasteiger partial charge in [0.2, 0.25) is 0 Å². The first kappa shape index (κ1) is 16.3. The molecule has 0 aliphatic heterocycles. The van der Waals surface area contributed by atoms with E-state index in [2.05, 4.69) is 5.32 Å². The normalized spacial score (nSPS) is 12.2. The molecular weight excluding hydrogens is 301 g/mol. The highest BCUT2D eigenvalue weighted by Crippen LogP contribution is 2.09. The number of nitrogens with one attached hydrogen (secondary N) is 1. The van der Waals surface area contributed by atoms with Crippen LogP contribution in [0.25, 0.3) is 0 Å². The maximum Gasteiger partial charge on any atom is 0.409 e. The van der Waals surface area contributed by atoms with Crippen LogP contribution in [0.5, 0.6) is 0 Å². The molecule has 2 atom stereocenters. The second-order valence-electron chi connectivity index (χ2n) is 4.62. The highest BCUT2D eigenvalue weighted by atomic mass is 31.1. The van der Waals surface area contributed by atoms with Crippen LogP contribution in [-0.4, -0.2) is 12.3 Å². The van der Waals surface area contributed by atoms with Crippen molar-refractivity contribution in [2.24, 2.45) is 0 Å². The van der Waals surface area contributed by atoms with Crippen molar-refractivity contribution in [2.75, 3.05) is 0 Å². The second-order valence-corrected chi connectivity index (χ2v) is 5.08.